The smallest absolute Gasteiger partial charge is 0.247 e. The Hall–Kier alpha value is -3.33. The van der Waals surface area contributed by atoms with Gasteiger partial charge in [-0.1, -0.05) is 56.8 Å². The number of nitrogens with zero attached hydrogens (tertiary/aromatic N) is 4. The predicted octanol–water partition coefficient (Wildman–Crippen LogP) is 5.14. The van der Waals surface area contributed by atoms with Crippen molar-refractivity contribution in [3.8, 4) is 28.6 Å². The summed E-state index contributed by atoms with van der Waals surface area (Å²) < 4.78 is 17.7. The Bertz CT molecular complexity index is 1190. The number of thioether (sulfide) groups is 1. The molecule has 2 aromatic carbocycles. The van der Waals surface area contributed by atoms with Gasteiger partial charge in [0, 0.05) is 17.7 Å². The molecule has 1 aromatic heterocycles. The number of carbonyl (C=O) groups is 1. The van der Waals surface area contributed by atoms with Gasteiger partial charge in [0.2, 0.25) is 23.2 Å². The van der Waals surface area contributed by atoms with Crippen LogP contribution in [0.5, 0.6) is 17.4 Å². The van der Waals surface area contributed by atoms with Gasteiger partial charge in [-0.05, 0) is 24.1 Å². The summed E-state index contributed by atoms with van der Waals surface area (Å²) in [5.74, 6) is 2.55. The SMILES string of the molecule is CCC(=O)N1c2ccccc2-c2nnc(SCC(C)C)nc2O[C@H]1c1cccc(OC)c1OC. The van der Waals surface area contributed by atoms with Crippen LogP contribution in [-0.4, -0.2) is 41.1 Å². The highest BCUT2D eigenvalue weighted by atomic mass is 32.2. The van der Waals surface area contributed by atoms with E-state index < -0.39 is 6.23 Å². The first kappa shape index (κ1) is 23.8. The number of carbonyl (C=O) groups excluding carboxylic acids is 1. The third-order valence-electron chi connectivity index (χ3n) is 5.33. The summed E-state index contributed by atoms with van der Waals surface area (Å²) in [6.07, 6.45) is -0.564. The summed E-state index contributed by atoms with van der Waals surface area (Å²) >= 11 is 1.52. The number of para-hydroxylation sites is 2. The average molecular weight is 481 g/mol. The van der Waals surface area contributed by atoms with Crippen LogP contribution in [0.15, 0.2) is 47.6 Å². The lowest BCUT2D eigenvalue weighted by molar-refractivity contribution is -0.120. The number of ether oxygens (including phenoxy) is 3. The average Bonchev–Trinajstić information content (AvgIpc) is 3.00. The zero-order valence-corrected chi connectivity index (χ0v) is 20.8. The van der Waals surface area contributed by atoms with E-state index in [0.29, 0.717) is 45.4 Å². The van der Waals surface area contributed by atoms with Gasteiger partial charge in [-0.15, -0.1) is 10.2 Å². The van der Waals surface area contributed by atoms with Crippen LogP contribution < -0.4 is 19.1 Å². The molecule has 0 saturated carbocycles. The number of hydrogen-bond donors (Lipinski definition) is 0. The zero-order valence-electron chi connectivity index (χ0n) is 19.9. The standard InChI is InChI=1S/C25H28N4O4S/c1-6-20(30)29-18-12-8-7-10-16(18)21-23(26-25(28-27-21)34-14-15(2)3)33-24(29)17-11-9-13-19(31-4)22(17)32-5/h7-13,15,24H,6,14H2,1-5H3/t24-/m0/s1. The third-order valence-corrected chi connectivity index (χ3v) is 6.59. The Kier molecular flexibility index (Phi) is 7.21. The summed E-state index contributed by atoms with van der Waals surface area (Å²) in [6.45, 7) is 6.09. The lowest BCUT2D eigenvalue weighted by Crippen LogP contribution is -2.37. The van der Waals surface area contributed by atoms with Crippen LogP contribution in [-0.2, 0) is 4.79 Å². The molecule has 9 heteroatoms. The Morgan fingerprint density at radius 1 is 1.12 bits per heavy atom. The van der Waals surface area contributed by atoms with Crippen molar-refractivity contribution in [3.63, 3.8) is 0 Å². The summed E-state index contributed by atoms with van der Waals surface area (Å²) in [5.41, 5.74) is 2.52. The highest BCUT2D eigenvalue weighted by Gasteiger charge is 2.37. The molecule has 0 radical (unpaired) electrons. The molecule has 1 amide bonds. The minimum Gasteiger partial charge on any atom is -0.493 e. The maximum atomic E-state index is 13.3. The van der Waals surface area contributed by atoms with Crippen molar-refractivity contribution in [2.24, 2.45) is 5.92 Å². The van der Waals surface area contributed by atoms with E-state index in [1.807, 2.05) is 43.3 Å². The highest BCUT2D eigenvalue weighted by molar-refractivity contribution is 7.99. The van der Waals surface area contributed by atoms with Crippen molar-refractivity contribution in [1.82, 2.24) is 15.2 Å². The molecule has 34 heavy (non-hydrogen) atoms. The molecule has 0 aliphatic carbocycles. The first-order valence-corrected chi connectivity index (χ1v) is 12.1. The van der Waals surface area contributed by atoms with Gasteiger partial charge in [0.15, 0.2) is 17.2 Å². The van der Waals surface area contributed by atoms with Crippen LogP contribution in [0.25, 0.3) is 11.3 Å². The largest absolute Gasteiger partial charge is 0.493 e. The quantitative estimate of drug-likeness (QED) is 0.430. The van der Waals surface area contributed by atoms with Gasteiger partial charge < -0.3 is 14.2 Å². The predicted molar refractivity (Wildman–Crippen MR) is 132 cm³/mol. The number of benzene rings is 2. The minimum absolute atomic E-state index is 0.113. The molecule has 0 saturated heterocycles. The molecule has 4 rings (SSSR count). The molecule has 178 valence electrons. The van der Waals surface area contributed by atoms with Crippen molar-refractivity contribution in [2.45, 2.75) is 38.6 Å². The van der Waals surface area contributed by atoms with E-state index in [9.17, 15) is 4.79 Å². The molecule has 1 aliphatic heterocycles. The summed E-state index contributed by atoms with van der Waals surface area (Å²) in [7, 11) is 3.14. The fraction of sp³-hybridized carbons (Fsp3) is 0.360. The van der Waals surface area contributed by atoms with E-state index in [-0.39, 0.29) is 12.3 Å². The Balaban J connectivity index is 1.93. The van der Waals surface area contributed by atoms with Gasteiger partial charge in [0.1, 0.15) is 0 Å². The summed E-state index contributed by atoms with van der Waals surface area (Å²) in [6, 6.07) is 13.1. The molecule has 1 atom stereocenters. The minimum atomic E-state index is -0.848. The normalized spacial score (nSPS) is 14.6. The number of amides is 1. The third kappa shape index (κ3) is 4.52. The second-order valence-corrected chi connectivity index (χ2v) is 9.13. The number of fused-ring (bicyclic) bond motifs is 3. The molecule has 0 spiro atoms. The number of rotatable bonds is 7. The molecule has 0 unspecified atom stereocenters. The van der Waals surface area contributed by atoms with Crippen LogP contribution in [0.2, 0.25) is 0 Å². The Morgan fingerprint density at radius 2 is 1.91 bits per heavy atom. The fourth-order valence-electron chi connectivity index (χ4n) is 3.76. The first-order chi connectivity index (χ1) is 16.5. The Morgan fingerprint density at radius 3 is 2.62 bits per heavy atom. The molecule has 0 bridgehead atoms. The molecule has 3 aromatic rings. The van der Waals surface area contributed by atoms with E-state index in [1.54, 1.807) is 25.2 Å². The van der Waals surface area contributed by atoms with E-state index >= 15 is 0 Å². The van der Waals surface area contributed by atoms with Crippen LogP contribution in [0.3, 0.4) is 0 Å². The maximum absolute atomic E-state index is 13.3. The van der Waals surface area contributed by atoms with Gasteiger partial charge in [-0.3, -0.25) is 9.69 Å². The lowest BCUT2D eigenvalue weighted by atomic mass is 10.1. The van der Waals surface area contributed by atoms with E-state index in [4.69, 9.17) is 19.2 Å². The zero-order chi connectivity index (χ0) is 24.2. The van der Waals surface area contributed by atoms with Crippen molar-refractivity contribution >= 4 is 23.4 Å². The van der Waals surface area contributed by atoms with Gasteiger partial charge in [-0.2, -0.15) is 4.98 Å². The van der Waals surface area contributed by atoms with E-state index in [0.717, 1.165) is 11.3 Å². The van der Waals surface area contributed by atoms with Crippen molar-refractivity contribution in [1.29, 1.82) is 0 Å². The van der Waals surface area contributed by atoms with Crippen LogP contribution in [0.4, 0.5) is 5.69 Å². The fourth-order valence-corrected chi connectivity index (χ4v) is 4.49. The molecule has 0 N–H and O–H groups in total. The molecule has 1 aliphatic rings. The van der Waals surface area contributed by atoms with Crippen molar-refractivity contribution in [2.75, 3.05) is 24.9 Å². The number of anilines is 1. The molecule has 8 nitrogen and oxygen atoms in total. The molecule has 2 heterocycles. The van der Waals surface area contributed by atoms with Crippen LogP contribution >= 0.6 is 11.8 Å². The summed E-state index contributed by atoms with van der Waals surface area (Å²) in [4.78, 5) is 19.7. The van der Waals surface area contributed by atoms with Gasteiger partial charge in [-0.25, -0.2) is 0 Å². The lowest BCUT2D eigenvalue weighted by Gasteiger charge is -2.31. The van der Waals surface area contributed by atoms with Gasteiger partial charge in [0.05, 0.1) is 25.5 Å². The monoisotopic (exact) mass is 480 g/mol. The van der Waals surface area contributed by atoms with Gasteiger partial charge >= 0.3 is 0 Å². The van der Waals surface area contributed by atoms with Crippen LogP contribution in [0, 0.1) is 5.92 Å². The molecular weight excluding hydrogens is 452 g/mol. The highest BCUT2D eigenvalue weighted by Crippen LogP contribution is 2.46. The second-order valence-electron chi connectivity index (χ2n) is 8.14. The number of methoxy groups -OCH3 is 2. The van der Waals surface area contributed by atoms with Crippen molar-refractivity contribution in [3.05, 3.63) is 48.0 Å². The van der Waals surface area contributed by atoms with Crippen molar-refractivity contribution < 1.29 is 19.0 Å². The van der Waals surface area contributed by atoms with E-state index in [2.05, 4.69) is 24.0 Å². The number of aromatic nitrogens is 3. The summed E-state index contributed by atoms with van der Waals surface area (Å²) in [5, 5.41) is 9.32. The maximum Gasteiger partial charge on any atom is 0.247 e. The van der Waals surface area contributed by atoms with E-state index in [1.165, 1.54) is 11.8 Å². The Labute approximate surface area is 203 Å². The van der Waals surface area contributed by atoms with Gasteiger partial charge in [0.25, 0.3) is 0 Å². The second kappa shape index (κ2) is 10.3. The first-order valence-electron chi connectivity index (χ1n) is 11.1. The number of hydrogen-bond acceptors (Lipinski definition) is 8. The molecule has 0 fully saturated rings. The van der Waals surface area contributed by atoms with Crippen LogP contribution in [0.1, 0.15) is 39.0 Å². The molecular formula is C25H28N4O4S. The topological polar surface area (TPSA) is 86.7 Å².